The number of oxime groups is 1. The summed E-state index contributed by atoms with van der Waals surface area (Å²) in [6.07, 6.45) is 1.48. The van der Waals surface area contributed by atoms with Crippen molar-refractivity contribution >= 4 is 17.3 Å². The Bertz CT molecular complexity index is 516. The zero-order valence-corrected chi connectivity index (χ0v) is 10.9. The van der Waals surface area contributed by atoms with Gasteiger partial charge in [0, 0.05) is 25.1 Å². The lowest BCUT2D eigenvalue weighted by atomic mass is 9.96. The molecule has 0 aromatic heterocycles. The first-order chi connectivity index (χ1) is 9.17. The number of benzene rings is 1. The van der Waals surface area contributed by atoms with E-state index in [1.165, 1.54) is 0 Å². The van der Waals surface area contributed by atoms with E-state index < -0.39 is 0 Å². The van der Waals surface area contributed by atoms with Gasteiger partial charge in [0.1, 0.15) is 5.71 Å². The van der Waals surface area contributed by atoms with Crippen LogP contribution in [-0.2, 0) is 9.63 Å². The van der Waals surface area contributed by atoms with Gasteiger partial charge in [-0.2, -0.15) is 0 Å². The fourth-order valence-corrected chi connectivity index (χ4v) is 2.43. The molecular formula is C14H17N3O2. The summed E-state index contributed by atoms with van der Waals surface area (Å²) in [5, 5.41) is 10.0. The van der Waals surface area contributed by atoms with Gasteiger partial charge < -0.3 is 15.5 Å². The summed E-state index contributed by atoms with van der Waals surface area (Å²) in [6, 6.07) is 7.70. The van der Waals surface area contributed by atoms with Gasteiger partial charge in [-0.3, -0.25) is 4.79 Å². The van der Waals surface area contributed by atoms with Crippen LogP contribution in [0, 0.1) is 6.92 Å². The Kier molecular flexibility index (Phi) is 2.98. The fourth-order valence-electron chi connectivity index (χ4n) is 2.43. The summed E-state index contributed by atoms with van der Waals surface area (Å²) in [5.41, 5.74) is 2.13. The van der Waals surface area contributed by atoms with Crippen LogP contribution < -0.4 is 10.6 Å². The molecule has 2 N–H and O–H groups in total. The number of anilines is 1. The van der Waals surface area contributed by atoms with Crippen molar-refractivity contribution < 1.29 is 9.63 Å². The molecule has 1 amide bonds. The van der Waals surface area contributed by atoms with Crippen LogP contribution in [0.3, 0.4) is 0 Å². The monoisotopic (exact) mass is 259 g/mol. The normalized spacial score (nSPS) is 25.2. The van der Waals surface area contributed by atoms with E-state index in [1.54, 1.807) is 0 Å². The molecule has 5 nitrogen and oxygen atoms in total. The van der Waals surface area contributed by atoms with Gasteiger partial charge in [-0.05, 0) is 25.6 Å². The maximum atomic E-state index is 12.1. The van der Waals surface area contributed by atoms with Crippen LogP contribution in [0.25, 0.3) is 0 Å². The van der Waals surface area contributed by atoms with E-state index in [2.05, 4.69) is 15.8 Å². The summed E-state index contributed by atoms with van der Waals surface area (Å²) in [7, 11) is 0. The molecule has 1 spiro atoms. The van der Waals surface area contributed by atoms with E-state index in [-0.39, 0.29) is 11.5 Å². The van der Waals surface area contributed by atoms with Crippen molar-refractivity contribution in [3.63, 3.8) is 0 Å². The quantitative estimate of drug-likeness (QED) is 0.844. The summed E-state index contributed by atoms with van der Waals surface area (Å²) in [5.74, 6) is -0.173. The number of rotatable bonds is 2. The van der Waals surface area contributed by atoms with E-state index in [0.29, 0.717) is 12.1 Å². The van der Waals surface area contributed by atoms with Gasteiger partial charge >= 0.3 is 0 Å². The van der Waals surface area contributed by atoms with E-state index in [1.807, 2.05) is 31.2 Å². The summed E-state index contributed by atoms with van der Waals surface area (Å²) in [4.78, 5) is 17.6. The number of carbonyl (C=O) groups excluding carboxylic acids is 1. The Labute approximate surface area is 112 Å². The van der Waals surface area contributed by atoms with Crippen molar-refractivity contribution in [1.82, 2.24) is 5.32 Å². The van der Waals surface area contributed by atoms with E-state index in [4.69, 9.17) is 4.84 Å². The third-order valence-electron chi connectivity index (χ3n) is 3.62. The largest absolute Gasteiger partial charge is 0.387 e. The van der Waals surface area contributed by atoms with Gasteiger partial charge in [0.2, 0.25) is 0 Å². The predicted molar refractivity (Wildman–Crippen MR) is 73.2 cm³/mol. The minimum Gasteiger partial charge on any atom is -0.387 e. The van der Waals surface area contributed by atoms with Crippen molar-refractivity contribution in [3.05, 3.63) is 29.8 Å². The Morgan fingerprint density at radius 2 is 2.21 bits per heavy atom. The van der Waals surface area contributed by atoms with Gasteiger partial charge in [0.25, 0.3) is 5.91 Å². The highest BCUT2D eigenvalue weighted by atomic mass is 16.7. The molecule has 3 rings (SSSR count). The lowest BCUT2D eigenvalue weighted by Crippen LogP contribution is -2.33. The lowest BCUT2D eigenvalue weighted by molar-refractivity contribution is -0.110. The first-order valence-electron chi connectivity index (χ1n) is 6.51. The number of nitrogens with zero attached hydrogens (tertiary/aromatic N) is 1. The Hall–Kier alpha value is -1.88. The van der Waals surface area contributed by atoms with Crippen LogP contribution in [0.15, 0.2) is 29.4 Å². The molecule has 1 fully saturated rings. The smallest absolute Gasteiger partial charge is 0.273 e. The van der Waals surface area contributed by atoms with Crippen LogP contribution in [0.1, 0.15) is 18.4 Å². The van der Waals surface area contributed by atoms with Crippen LogP contribution >= 0.6 is 0 Å². The molecule has 100 valence electrons. The standard InChI is InChI=1S/C14H17N3O2/c1-10-2-4-11(5-3-10)16-13(18)12-8-14(19-17-12)6-7-15-9-14/h2-5,15H,6-9H2,1H3,(H,16,18). The number of amides is 1. The number of carbonyl (C=O) groups is 1. The topological polar surface area (TPSA) is 62.7 Å². The number of hydrogen-bond donors (Lipinski definition) is 2. The second-order valence-electron chi connectivity index (χ2n) is 5.24. The molecule has 0 radical (unpaired) electrons. The molecule has 1 aromatic rings. The minimum atomic E-state index is -0.292. The minimum absolute atomic E-state index is 0.173. The Balaban J connectivity index is 1.64. The number of aryl methyl sites for hydroxylation is 1. The average Bonchev–Trinajstić information content (AvgIpc) is 3.03. The van der Waals surface area contributed by atoms with Gasteiger partial charge in [-0.1, -0.05) is 22.9 Å². The molecule has 0 saturated carbocycles. The Morgan fingerprint density at radius 1 is 1.42 bits per heavy atom. The lowest BCUT2D eigenvalue weighted by Gasteiger charge is -2.18. The fraction of sp³-hybridized carbons (Fsp3) is 0.429. The maximum Gasteiger partial charge on any atom is 0.273 e. The highest BCUT2D eigenvalue weighted by Gasteiger charge is 2.43. The van der Waals surface area contributed by atoms with Gasteiger partial charge in [-0.25, -0.2) is 0 Å². The van der Waals surface area contributed by atoms with E-state index in [9.17, 15) is 4.79 Å². The third-order valence-corrected chi connectivity index (χ3v) is 3.62. The summed E-state index contributed by atoms with van der Waals surface area (Å²) < 4.78 is 0. The van der Waals surface area contributed by atoms with Crippen molar-refractivity contribution in [1.29, 1.82) is 0 Å². The second-order valence-corrected chi connectivity index (χ2v) is 5.24. The molecule has 0 bridgehead atoms. The maximum absolute atomic E-state index is 12.1. The molecule has 1 aromatic carbocycles. The highest BCUT2D eigenvalue weighted by molar-refractivity contribution is 6.43. The SMILES string of the molecule is Cc1ccc(NC(=O)C2=NOC3(CCNC3)C2)cc1. The first kappa shape index (κ1) is 12.2. The van der Waals surface area contributed by atoms with Gasteiger partial charge in [-0.15, -0.1) is 0 Å². The average molecular weight is 259 g/mol. The Morgan fingerprint density at radius 3 is 2.89 bits per heavy atom. The molecule has 19 heavy (non-hydrogen) atoms. The molecule has 1 atom stereocenters. The van der Waals surface area contributed by atoms with Crippen LogP contribution in [-0.4, -0.2) is 30.3 Å². The van der Waals surface area contributed by atoms with Gasteiger partial charge in [0.15, 0.2) is 5.60 Å². The molecule has 2 aliphatic heterocycles. The van der Waals surface area contributed by atoms with Crippen molar-refractivity contribution in [2.24, 2.45) is 5.16 Å². The highest BCUT2D eigenvalue weighted by Crippen LogP contribution is 2.30. The number of hydrogen-bond acceptors (Lipinski definition) is 4. The molecule has 0 aliphatic carbocycles. The van der Waals surface area contributed by atoms with Crippen LogP contribution in [0.2, 0.25) is 0 Å². The molecule has 1 saturated heterocycles. The number of nitrogens with one attached hydrogen (secondary N) is 2. The molecule has 2 heterocycles. The zero-order chi connectivity index (χ0) is 13.3. The summed E-state index contributed by atoms with van der Waals surface area (Å²) >= 11 is 0. The first-order valence-corrected chi connectivity index (χ1v) is 6.51. The molecular weight excluding hydrogens is 242 g/mol. The van der Waals surface area contributed by atoms with Crippen molar-refractivity contribution in [2.75, 3.05) is 18.4 Å². The van der Waals surface area contributed by atoms with Crippen LogP contribution in [0.4, 0.5) is 5.69 Å². The van der Waals surface area contributed by atoms with Crippen LogP contribution in [0.5, 0.6) is 0 Å². The van der Waals surface area contributed by atoms with Crippen molar-refractivity contribution in [2.45, 2.75) is 25.4 Å². The van der Waals surface area contributed by atoms with Crippen molar-refractivity contribution in [3.8, 4) is 0 Å². The van der Waals surface area contributed by atoms with E-state index in [0.717, 1.165) is 30.8 Å². The van der Waals surface area contributed by atoms with E-state index >= 15 is 0 Å². The predicted octanol–water partition coefficient (Wildman–Crippen LogP) is 1.44. The molecule has 5 heteroatoms. The summed E-state index contributed by atoms with van der Waals surface area (Å²) in [6.45, 7) is 3.69. The zero-order valence-electron chi connectivity index (χ0n) is 10.9. The molecule has 2 aliphatic rings. The second kappa shape index (κ2) is 4.66. The third kappa shape index (κ3) is 2.46. The van der Waals surface area contributed by atoms with Gasteiger partial charge in [0.05, 0.1) is 0 Å². The molecule has 1 unspecified atom stereocenters.